The summed E-state index contributed by atoms with van der Waals surface area (Å²) in [5.74, 6) is -0.745. The number of carbonyl (C=O) groups excluding carboxylic acids is 1. The number of halogens is 6. The Morgan fingerprint density at radius 3 is 1.83 bits per heavy atom. The number of hydrogen-bond acceptors (Lipinski definition) is 4. The van der Waals surface area contributed by atoms with Crippen LogP contribution < -0.4 is 0 Å². The third-order valence-corrected chi connectivity index (χ3v) is 4.57. The molecule has 0 aliphatic rings. The lowest BCUT2D eigenvalue weighted by Crippen LogP contribution is -2.54. The predicted molar refractivity (Wildman–Crippen MR) is 74.7 cm³/mol. The number of rotatable bonds is 4. The van der Waals surface area contributed by atoms with Crippen molar-refractivity contribution in [1.82, 2.24) is 0 Å². The molecular weight excluding hydrogens is 362 g/mol. The molecule has 0 heterocycles. The highest BCUT2D eigenvalue weighted by atomic mass is 32.2. The molecule has 0 saturated heterocycles. The van der Waals surface area contributed by atoms with Crippen LogP contribution in [0.2, 0.25) is 0 Å². The van der Waals surface area contributed by atoms with Crippen molar-refractivity contribution in [3.05, 3.63) is 28.8 Å². The van der Waals surface area contributed by atoms with E-state index in [1.54, 1.807) is 0 Å². The van der Waals surface area contributed by atoms with E-state index >= 15 is 0 Å². The maximum absolute atomic E-state index is 12.9. The molecule has 0 atom stereocenters. The van der Waals surface area contributed by atoms with Gasteiger partial charge in [-0.2, -0.15) is 26.3 Å². The van der Waals surface area contributed by atoms with Gasteiger partial charge in [0, 0.05) is 10.5 Å². The molecule has 0 aliphatic heterocycles. The zero-order chi connectivity index (χ0) is 18.9. The van der Waals surface area contributed by atoms with Crippen LogP contribution in [0.4, 0.5) is 26.3 Å². The summed E-state index contributed by atoms with van der Waals surface area (Å²) >= 11 is 0.922. The van der Waals surface area contributed by atoms with Gasteiger partial charge in [0.1, 0.15) is 0 Å². The number of thioether (sulfide) groups is 1. The van der Waals surface area contributed by atoms with Gasteiger partial charge in [-0.1, -0.05) is 12.1 Å². The zero-order valence-electron chi connectivity index (χ0n) is 12.8. The van der Waals surface area contributed by atoms with Gasteiger partial charge in [0.2, 0.25) is 0 Å². The first-order chi connectivity index (χ1) is 10.8. The van der Waals surface area contributed by atoms with Crippen LogP contribution in [0, 0.1) is 13.8 Å². The van der Waals surface area contributed by atoms with Crippen molar-refractivity contribution in [1.29, 1.82) is 0 Å². The Balaban J connectivity index is 3.39. The van der Waals surface area contributed by atoms with Crippen molar-refractivity contribution in [3.63, 3.8) is 0 Å². The van der Waals surface area contributed by atoms with E-state index in [0.29, 0.717) is 17.0 Å². The van der Waals surface area contributed by atoms with Crippen LogP contribution in [0.3, 0.4) is 0 Å². The lowest BCUT2D eigenvalue weighted by molar-refractivity contribution is -0.376. The fraction of sp³-hybridized carbons (Fsp3) is 0.500. The number of carbonyl (C=O) groups is 1. The molecule has 1 rings (SSSR count). The summed E-state index contributed by atoms with van der Waals surface area (Å²) in [5.41, 5.74) is -6.14. The first-order valence-corrected chi connectivity index (χ1v) is 7.41. The molecule has 0 unspecified atom stereocenters. The number of alkyl halides is 6. The highest BCUT2D eigenvalue weighted by molar-refractivity contribution is 8.00. The standard InChI is InChI=1S/C14H14F6O3S/c1-7-4-9(12(22,13(15,16)17)14(18,19)20)5-8(2)11(7)24-6-10(21)23-3/h4-5,22H,6H2,1-3H3. The number of aliphatic hydroxyl groups is 1. The summed E-state index contributed by atoms with van der Waals surface area (Å²) in [7, 11) is 1.15. The molecule has 24 heavy (non-hydrogen) atoms. The Hall–Kier alpha value is -1.42. The maximum Gasteiger partial charge on any atom is 0.430 e. The van der Waals surface area contributed by atoms with Gasteiger partial charge < -0.3 is 9.84 Å². The molecule has 0 amide bonds. The summed E-state index contributed by atoms with van der Waals surface area (Å²) < 4.78 is 81.9. The van der Waals surface area contributed by atoms with E-state index < -0.39 is 29.5 Å². The Kier molecular flexibility index (Phi) is 5.87. The predicted octanol–water partition coefficient (Wildman–Crippen LogP) is 3.88. The summed E-state index contributed by atoms with van der Waals surface area (Å²) in [4.78, 5) is 11.5. The highest BCUT2D eigenvalue weighted by Crippen LogP contribution is 2.50. The van der Waals surface area contributed by atoms with Crippen LogP contribution in [0.15, 0.2) is 17.0 Å². The fourth-order valence-corrected chi connectivity index (χ4v) is 3.02. The van der Waals surface area contributed by atoms with Gasteiger partial charge in [-0.15, -0.1) is 11.8 Å². The van der Waals surface area contributed by atoms with Crippen LogP contribution in [-0.2, 0) is 15.1 Å². The molecular formula is C14H14F6O3S. The topological polar surface area (TPSA) is 46.5 Å². The smallest absolute Gasteiger partial charge is 0.430 e. The minimum Gasteiger partial charge on any atom is -0.468 e. The van der Waals surface area contributed by atoms with Crippen LogP contribution in [0.1, 0.15) is 16.7 Å². The lowest BCUT2D eigenvalue weighted by atomic mass is 9.90. The van der Waals surface area contributed by atoms with Crippen LogP contribution in [-0.4, -0.2) is 36.3 Å². The summed E-state index contributed by atoms with van der Waals surface area (Å²) in [6.07, 6.45) is -11.9. The van der Waals surface area contributed by atoms with E-state index in [-0.39, 0.29) is 16.9 Å². The monoisotopic (exact) mass is 376 g/mol. The Morgan fingerprint density at radius 2 is 1.50 bits per heavy atom. The molecule has 10 heteroatoms. The average molecular weight is 376 g/mol. The molecule has 1 N–H and O–H groups in total. The minimum absolute atomic E-state index is 0.0748. The molecule has 0 aliphatic carbocycles. The van der Waals surface area contributed by atoms with Gasteiger partial charge >= 0.3 is 18.3 Å². The SMILES string of the molecule is COC(=O)CSc1c(C)cc(C(O)(C(F)(F)F)C(F)(F)F)cc1C. The average Bonchev–Trinajstić information content (AvgIpc) is 2.42. The van der Waals surface area contributed by atoms with E-state index in [4.69, 9.17) is 0 Å². The molecule has 0 saturated carbocycles. The molecule has 1 aromatic carbocycles. The summed E-state index contributed by atoms with van der Waals surface area (Å²) in [6, 6.07) is 1.24. The summed E-state index contributed by atoms with van der Waals surface area (Å²) in [5, 5.41) is 9.42. The molecule has 3 nitrogen and oxygen atoms in total. The molecule has 0 spiro atoms. The summed E-state index contributed by atoms with van der Waals surface area (Å²) in [6.45, 7) is 2.59. The second kappa shape index (κ2) is 6.83. The molecule has 0 fully saturated rings. The largest absolute Gasteiger partial charge is 0.468 e. The molecule has 0 bridgehead atoms. The van der Waals surface area contributed by atoms with Crippen LogP contribution >= 0.6 is 11.8 Å². The number of methoxy groups -OCH3 is 1. The number of esters is 1. The van der Waals surface area contributed by atoms with Gasteiger partial charge in [0.15, 0.2) is 0 Å². The van der Waals surface area contributed by atoms with Gasteiger partial charge in [-0.25, -0.2) is 0 Å². The lowest BCUT2D eigenvalue weighted by Gasteiger charge is -2.33. The first-order valence-electron chi connectivity index (χ1n) is 6.43. The molecule has 0 aromatic heterocycles. The zero-order valence-corrected chi connectivity index (χ0v) is 13.6. The molecule has 136 valence electrons. The van der Waals surface area contributed by atoms with E-state index in [0.717, 1.165) is 18.9 Å². The van der Waals surface area contributed by atoms with E-state index in [1.807, 2.05) is 0 Å². The van der Waals surface area contributed by atoms with Crippen molar-refractivity contribution in [2.45, 2.75) is 36.7 Å². The van der Waals surface area contributed by atoms with E-state index in [1.165, 1.54) is 13.8 Å². The minimum atomic E-state index is -5.94. The van der Waals surface area contributed by atoms with Crippen molar-refractivity contribution in [3.8, 4) is 0 Å². The van der Waals surface area contributed by atoms with Gasteiger partial charge in [-0.05, 0) is 25.0 Å². The third kappa shape index (κ3) is 3.80. The Bertz CT molecular complexity index is 587. The second-order valence-electron chi connectivity index (χ2n) is 5.01. The van der Waals surface area contributed by atoms with E-state index in [2.05, 4.69) is 4.74 Å². The van der Waals surface area contributed by atoms with Crippen LogP contribution in [0.5, 0.6) is 0 Å². The van der Waals surface area contributed by atoms with Crippen molar-refractivity contribution >= 4 is 17.7 Å². The van der Waals surface area contributed by atoms with Gasteiger partial charge in [0.05, 0.1) is 12.9 Å². The highest BCUT2D eigenvalue weighted by Gasteiger charge is 2.71. The normalized spacial score (nSPS) is 13.1. The Labute approximate surface area is 138 Å². The fourth-order valence-electron chi connectivity index (χ4n) is 2.06. The van der Waals surface area contributed by atoms with E-state index in [9.17, 15) is 36.2 Å². The van der Waals surface area contributed by atoms with Gasteiger partial charge in [0.25, 0.3) is 5.60 Å². The van der Waals surface area contributed by atoms with Gasteiger partial charge in [-0.3, -0.25) is 4.79 Å². The third-order valence-electron chi connectivity index (χ3n) is 3.26. The number of hydrogen-bond donors (Lipinski definition) is 1. The number of benzene rings is 1. The Morgan fingerprint density at radius 1 is 1.08 bits per heavy atom. The number of aryl methyl sites for hydroxylation is 2. The van der Waals surface area contributed by atoms with Crippen molar-refractivity contribution in [2.24, 2.45) is 0 Å². The second-order valence-corrected chi connectivity index (χ2v) is 6.00. The van der Waals surface area contributed by atoms with Crippen LogP contribution in [0.25, 0.3) is 0 Å². The first kappa shape index (κ1) is 20.6. The maximum atomic E-state index is 12.9. The number of ether oxygens (including phenoxy) is 1. The quantitative estimate of drug-likeness (QED) is 0.492. The van der Waals surface area contributed by atoms with Crippen molar-refractivity contribution in [2.75, 3.05) is 12.9 Å². The molecule has 0 radical (unpaired) electrons. The molecule has 1 aromatic rings. The van der Waals surface area contributed by atoms with Crippen molar-refractivity contribution < 1.29 is 41.0 Å².